The summed E-state index contributed by atoms with van der Waals surface area (Å²) >= 11 is 0. The standard InChI is InChI=1S/C25H25N3O5/c1-14-6-5-7-15(8-14)24(30)28-25-26-13-18-19(27-25)9-16(10-20(18)29)17-11-21(31-2)23(33-4)22(12-17)32-3/h5-8,11-13,16H,9-10H2,1-4H3,(H,26,27,28,30). The molecule has 8 nitrogen and oxygen atoms in total. The molecule has 3 aromatic rings. The van der Waals surface area contributed by atoms with Crippen molar-refractivity contribution in [1.82, 2.24) is 9.97 Å². The normalized spacial score (nSPS) is 14.9. The number of nitrogens with zero attached hydrogens (tertiary/aromatic N) is 2. The minimum atomic E-state index is -0.304. The van der Waals surface area contributed by atoms with E-state index in [9.17, 15) is 9.59 Å². The molecular weight excluding hydrogens is 422 g/mol. The van der Waals surface area contributed by atoms with Crippen LogP contribution in [0.3, 0.4) is 0 Å². The van der Waals surface area contributed by atoms with E-state index in [1.54, 1.807) is 33.5 Å². The minimum absolute atomic E-state index is 0.0495. The zero-order valence-corrected chi connectivity index (χ0v) is 19.0. The first-order chi connectivity index (χ1) is 15.9. The van der Waals surface area contributed by atoms with E-state index < -0.39 is 0 Å². The summed E-state index contributed by atoms with van der Waals surface area (Å²) in [5.74, 6) is 1.23. The molecule has 1 N–H and O–H groups in total. The molecule has 2 aromatic carbocycles. The number of ether oxygens (including phenoxy) is 3. The van der Waals surface area contributed by atoms with E-state index in [-0.39, 0.29) is 23.6 Å². The molecular formula is C25H25N3O5. The summed E-state index contributed by atoms with van der Waals surface area (Å²) in [5.41, 5.74) is 3.45. The number of nitrogens with one attached hydrogen (secondary N) is 1. The average Bonchev–Trinajstić information content (AvgIpc) is 2.82. The number of aromatic nitrogens is 2. The summed E-state index contributed by atoms with van der Waals surface area (Å²) in [6, 6.07) is 11.0. The van der Waals surface area contributed by atoms with Gasteiger partial charge in [0.1, 0.15) is 0 Å². The summed E-state index contributed by atoms with van der Waals surface area (Å²) in [5, 5.41) is 2.73. The fourth-order valence-corrected chi connectivity index (χ4v) is 4.04. The number of ketones is 1. The van der Waals surface area contributed by atoms with Gasteiger partial charge in [-0.25, -0.2) is 9.97 Å². The van der Waals surface area contributed by atoms with Gasteiger partial charge in [0.2, 0.25) is 11.7 Å². The lowest BCUT2D eigenvalue weighted by Gasteiger charge is -2.24. The zero-order chi connectivity index (χ0) is 23.5. The van der Waals surface area contributed by atoms with E-state index in [0.29, 0.717) is 46.9 Å². The number of fused-ring (bicyclic) bond motifs is 1. The Bertz CT molecular complexity index is 1200. The highest BCUT2D eigenvalue weighted by Crippen LogP contribution is 2.42. The fourth-order valence-electron chi connectivity index (χ4n) is 4.04. The molecule has 1 unspecified atom stereocenters. The van der Waals surface area contributed by atoms with E-state index in [1.807, 2.05) is 31.2 Å². The number of amides is 1. The number of hydrogen-bond donors (Lipinski definition) is 1. The number of anilines is 1. The number of methoxy groups -OCH3 is 3. The Labute approximate surface area is 191 Å². The highest BCUT2D eigenvalue weighted by atomic mass is 16.5. The largest absolute Gasteiger partial charge is 0.493 e. The summed E-state index contributed by atoms with van der Waals surface area (Å²) in [6.45, 7) is 1.92. The lowest BCUT2D eigenvalue weighted by molar-refractivity contribution is 0.0962. The Morgan fingerprint density at radius 1 is 1.03 bits per heavy atom. The molecule has 1 aliphatic carbocycles. The van der Waals surface area contributed by atoms with Gasteiger partial charge in [0, 0.05) is 18.2 Å². The van der Waals surface area contributed by atoms with Crippen LogP contribution in [-0.4, -0.2) is 43.0 Å². The van der Waals surface area contributed by atoms with E-state index in [0.717, 1.165) is 11.1 Å². The smallest absolute Gasteiger partial charge is 0.258 e. The average molecular weight is 447 g/mol. The molecule has 0 radical (unpaired) electrons. The molecule has 0 spiro atoms. The predicted octanol–water partition coefficient (Wildman–Crippen LogP) is 3.98. The second-order valence-corrected chi connectivity index (χ2v) is 7.86. The number of benzene rings is 2. The SMILES string of the molecule is COc1cc(C2CC(=O)c3cnc(NC(=O)c4cccc(C)c4)nc3C2)cc(OC)c1OC. The predicted molar refractivity (Wildman–Crippen MR) is 123 cm³/mol. The first kappa shape index (κ1) is 22.3. The third-order valence-electron chi connectivity index (χ3n) is 5.70. The molecule has 1 heterocycles. The van der Waals surface area contributed by atoms with Crippen molar-refractivity contribution in [3.63, 3.8) is 0 Å². The van der Waals surface area contributed by atoms with Gasteiger partial charge in [-0.15, -0.1) is 0 Å². The molecule has 0 aliphatic heterocycles. The van der Waals surface area contributed by atoms with Crippen LogP contribution in [0, 0.1) is 6.92 Å². The number of Topliss-reactive ketones (excluding diaryl/α,β-unsaturated/α-hetero) is 1. The first-order valence-electron chi connectivity index (χ1n) is 10.5. The van der Waals surface area contributed by atoms with Gasteiger partial charge in [-0.3, -0.25) is 14.9 Å². The van der Waals surface area contributed by atoms with Crippen LogP contribution < -0.4 is 19.5 Å². The van der Waals surface area contributed by atoms with Crippen LogP contribution >= 0.6 is 0 Å². The first-order valence-corrected chi connectivity index (χ1v) is 10.5. The topological polar surface area (TPSA) is 99.6 Å². The molecule has 0 bridgehead atoms. The van der Waals surface area contributed by atoms with Gasteiger partial charge in [-0.2, -0.15) is 0 Å². The van der Waals surface area contributed by atoms with Crippen LogP contribution in [0.2, 0.25) is 0 Å². The zero-order valence-electron chi connectivity index (χ0n) is 19.0. The molecule has 1 atom stereocenters. The monoisotopic (exact) mass is 447 g/mol. The van der Waals surface area contributed by atoms with Gasteiger partial charge in [-0.1, -0.05) is 17.7 Å². The van der Waals surface area contributed by atoms with Gasteiger partial charge in [0.05, 0.1) is 32.6 Å². The molecule has 8 heteroatoms. The van der Waals surface area contributed by atoms with Crippen LogP contribution in [0.5, 0.6) is 17.2 Å². The highest BCUT2D eigenvalue weighted by molar-refractivity contribution is 6.03. The lowest BCUT2D eigenvalue weighted by Crippen LogP contribution is -2.22. The summed E-state index contributed by atoms with van der Waals surface area (Å²) < 4.78 is 16.3. The Morgan fingerprint density at radius 3 is 2.39 bits per heavy atom. The van der Waals surface area contributed by atoms with Crippen LogP contribution in [0.15, 0.2) is 42.6 Å². The van der Waals surface area contributed by atoms with E-state index >= 15 is 0 Å². The number of carbonyl (C=O) groups is 2. The second-order valence-electron chi connectivity index (χ2n) is 7.86. The van der Waals surface area contributed by atoms with Crippen LogP contribution in [0.25, 0.3) is 0 Å². The van der Waals surface area contributed by atoms with Crippen molar-refractivity contribution in [2.45, 2.75) is 25.7 Å². The maximum absolute atomic E-state index is 12.8. The maximum atomic E-state index is 12.8. The number of rotatable bonds is 6. The van der Waals surface area contributed by atoms with Crippen molar-refractivity contribution in [3.8, 4) is 17.2 Å². The Morgan fingerprint density at radius 2 is 1.76 bits per heavy atom. The fraction of sp³-hybridized carbons (Fsp3) is 0.280. The molecule has 33 heavy (non-hydrogen) atoms. The molecule has 0 saturated carbocycles. The van der Waals surface area contributed by atoms with Gasteiger partial charge in [0.25, 0.3) is 5.91 Å². The molecule has 1 amide bonds. The van der Waals surface area contributed by atoms with Crippen molar-refractivity contribution >= 4 is 17.6 Å². The van der Waals surface area contributed by atoms with Crippen LogP contribution in [0.4, 0.5) is 5.95 Å². The second kappa shape index (κ2) is 9.28. The quantitative estimate of drug-likeness (QED) is 0.610. The van der Waals surface area contributed by atoms with Crippen molar-refractivity contribution in [2.24, 2.45) is 0 Å². The van der Waals surface area contributed by atoms with Gasteiger partial charge in [-0.05, 0) is 49.1 Å². The third kappa shape index (κ3) is 4.50. The van der Waals surface area contributed by atoms with Crippen molar-refractivity contribution < 1.29 is 23.8 Å². The van der Waals surface area contributed by atoms with Gasteiger partial charge < -0.3 is 14.2 Å². The number of hydrogen-bond acceptors (Lipinski definition) is 7. The lowest BCUT2D eigenvalue weighted by atomic mass is 9.82. The Kier molecular flexibility index (Phi) is 6.26. The van der Waals surface area contributed by atoms with Crippen molar-refractivity contribution in [2.75, 3.05) is 26.6 Å². The van der Waals surface area contributed by atoms with Crippen molar-refractivity contribution in [3.05, 3.63) is 70.5 Å². The van der Waals surface area contributed by atoms with E-state index in [1.165, 1.54) is 6.20 Å². The molecule has 1 aromatic heterocycles. The van der Waals surface area contributed by atoms with E-state index in [2.05, 4.69) is 15.3 Å². The van der Waals surface area contributed by atoms with Gasteiger partial charge in [0.15, 0.2) is 17.3 Å². The third-order valence-corrected chi connectivity index (χ3v) is 5.70. The molecule has 0 fully saturated rings. The molecule has 4 rings (SSSR count). The summed E-state index contributed by atoms with van der Waals surface area (Å²) in [6.07, 6.45) is 2.31. The Hall–Kier alpha value is -3.94. The van der Waals surface area contributed by atoms with E-state index in [4.69, 9.17) is 14.2 Å². The van der Waals surface area contributed by atoms with Crippen molar-refractivity contribution in [1.29, 1.82) is 0 Å². The summed E-state index contributed by atoms with van der Waals surface area (Å²) in [4.78, 5) is 34.1. The number of carbonyl (C=O) groups excluding carboxylic acids is 2. The van der Waals surface area contributed by atoms with Crippen LogP contribution in [0.1, 0.15) is 49.9 Å². The maximum Gasteiger partial charge on any atom is 0.258 e. The molecule has 170 valence electrons. The van der Waals surface area contributed by atoms with Gasteiger partial charge >= 0.3 is 0 Å². The summed E-state index contributed by atoms with van der Waals surface area (Å²) in [7, 11) is 4.65. The number of aryl methyl sites for hydroxylation is 1. The Balaban J connectivity index is 1.62. The minimum Gasteiger partial charge on any atom is -0.493 e. The molecule has 0 saturated heterocycles. The molecule has 1 aliphatic rings. The van der Waals surface area contributed by atoms with Crippen LogP contribution in [-0.2, 0) is 6.42 Å². The highest BCUT2D eigenvalue weighted by Gasteiger charge is 2.30.